The Morgan fingerprint density at radius 3 is 2.37 bits per heavy atom. The van der Waals surface area contributed by atoms with E-state index in [1.54, 1.807) is 0 Å². The van der Waals surface area contributed by atoms with E-state index in [-0.39, 0.29) is 21.0 Å². The molecule has 1 N–H and O–H groups in total. The third-order valence-electron chi connectivity index (χ3n) is 5.60. The molecule has 3 aromatic rings. The van der Waals surface area contributed by atoms with Crippen LogP contribution in [0.25, 0.3) is 0 Å². The zero-order valence-electron chi connectivity index (χ0n) is 18.6. The maximum atomic E-state index is 14.9. The summed E-state index contributed by atoms with van der Waals surface area (Å²) in [7, 11) is -2.22. The summed E-state index contributed by atoms with van der Waals surface area (Å²) in [5.41, 5.74) is -0.284. The highest BCUT2D eigenvalue weighted by Gasteiger charge is 2.35. The second-order valence-corrected chi connectivity index (χ2v) is 11.8. The average molecular weight is 559 g/mol. The molecule has 0 spiro atoms. The second kappa shape index (κ2) is 11.0. The molecule has 35 heavy (non-hydrogen) atoms. The first-order chi connectivity index (χ1) is 16.6. The van der Waals surface area contributed by atoms with Crippen LogP contribution in [0.3, 0.4) is 0 Å². The summed E-state index contributed by atoms with van der Waals surface area (Å²) in [6.07, 6.45) is 1.30. The van der Waals surface area contributed by atoms with Gasteiger partial charge in [0.15, 0.2) is 9.84 Å². The van der Waals surface area contributed by atoms with Crippen molar-refractivity contribution in [2.24, 2.45) is 0 Å². The lowest BCUT2D eigenvalue weighted by Gasteiger charge is -2.31. The third-order valence-corrected chi connectivity index (χ3v) is 9.15. The number of aromatic nitrogens is 1. The number of benzene rings is 2. The number of piperazine rings is 1. The first kappa shape index (κ1) is 26.1. The molecule has 12 heteroatoms. The lowest BCUT2D eigenvalue weighted by molar-refractivity contribution is 0.234. The molecule has 0 bridgehead atoms. The van der Waals surface area contributed by atoms with E-state index in [0.29, 0.717) is 10.8 Å². The van der Waals surface area contributed by atoms with Gasteiger partial charge in [-0.3, -0.25) is 0 Å². The molecule has 6 nitrogen and oxygen atoms in total. The number of sulfone groups is 1. The average Bonchev–Trinajstić information content (AvgIpc) is 2.83. The van der Waals surface area contributed by atoms with Crippen molar-refractivity contribution in [2.45, 2.75) is 10.1 Å². The highest BCUT2D eigenvalue weighted by Crippen LogP contribution is 2.40. The minimum Gasteiger partial charge on any atom is -0.304 e. The number of anilines is 1. The summed E-state index contributed by atoms with van der Waals surface area (Å²) in [5.74, 6) is -1.31. The molecule has 0 aliphatic carbocycles. The standard InChI is InChI=1S/C23H22Cl2F2N4O2S2/c1-30-8-10-31(11-9-30)34-29-22-13-18(20(25)14-28-22)23(19-12-16(26)4-7-21(19)27)35(32,33)17-5-2-15(24)3-6-17/h2-7,12-14,23H,8-11H2,1H3,(H,28,29). The number of nitrogens with one attached hydrogen (secondary N) is 1. The molecule has 1 fully saturated rings. The number of pyridine rings is 1. The molecule has 1 unspecified atom stereocenters. The fourth-order valence-corrected chi connectivity index (χ4v) is 6.59. The van der Waals surface area contributed by atoms with Crippen LogP contribution in [-0.2, 0) is 9.84 Å². The molecule has 0 saturated carbocycles. The van der Waals surface area contributed by atoms with Gasteiger partial charge in [-0.15, -0.1) is 0 Å². The van der Waals surface area contributed by atoms with Crippen molar-refractivity contribution < 1.29 is 17.2 Å². The van der Waals surface area contributed by atoms with Crippen molar-refractivity contribution >= 4 is 51.0 Å². The number of rotatable bonds is 7. The molecule has 1 aliphatic heterocycles. The smallest absolute Gasteiger partial charge is 0.189 e. The molecular weight excluding hydrogens is 537 g/mol. The highest BCUT2D eigenvalue weighted by molar-refractivity contribution is 7.98. The zero-order chi connectivity index (χ0) is 25.2. The van der Waals surface area contributed by atoms with Crippen LogP contribution in [-0.4, -0.2) is 55.8 Å². The Hall–Kier alpha value is -1.95. The Morgan fingerprint density at radius 2 is 1.69 bits per heavy atom. The molecule has 1 saturated heterocycles. The molecule has 1 aliphatic rings. The van der Waals surface area contributed by atoms with Gasteiger partial charge in [0.25, 0.3) is 0 Å². The third kappa shape index (κ3) is 6.07. The highest BCUT2D eigenvalue weighted by atomic mass is 35.5. The largest absolute Gasteiger partial charge is 0.304 e. The van der Waals surface area contributed by atoms with Crippen molar-refractivity contribution in [3.63, 3.8) is 0 Å². The SMILES string of the molecule is CN1CCN(SNc2cc(C(c3cc(F)ccc3F)S(=O)(=O)c3ccc(Cl)cc3)c(Cl)cn2)CC1. The van der Waals surface area contributed by atoms with Crippen molar-refractivity contribution in [3.8, 4) is 0 Å². The molecule has 1 atom stereocenters. The van der Waals surface area contributed by atoms with Crippen LogP contribution in [0.2, 0.25) is 10.0 Å². The number of likely N-dealkylation sites (N-methyl/N-ethyl adjacent to an activating group) is 1. The maximum absolute atomic E-state index is 14.9. The summed E-state index contributed by atoms with van der Waals surface area (Å²) in [6, 6.07) is 9.62. The lowest BCUT2D eigenvalue weighted by Crippen LogP contribution is -2.41. The number of hydrogen-bond donors (Lipinski definition) is 1. The molecule has 1 aromatic heterocycles. The normalized spacial score (nSPS) is 16.3. The minimum atomic E-state index is -4.27. The van der Waals surface area contributed by atoms with E-state index in [4.69, 9.17) is 23.2 Å². The number of hydrogen-bond acceptors (Lipinski definition) is 7. The van der Waals surface area contributed by atoms with E-state index in [2.05, 4.69) is 26.0 Å². The van der Waals surface area contributed by atoms with Crippen LogP contribution in [0.4, 0.5) is 14.6 Å². The fraction of sp³-hybridized carbons (Fsp3) is 0.261. The summed E-state index contributed by atoms with van der Waals surface area (Å²) in [4.78, 5) is 6.35. The van der Waals surface area contributed by atoms with Gasteiger partial charge >= 0.3 is 0 Å². The molecule has 0 amide bonds. The quantitative estimate of drug-likeness (QED) is 0.386. The molecule has 2 aromatic carbocycles. The van der Waals surface area contributed by atoms with Gasteiger partial charge in [-0.05, 0) is 61.1 Å². The van der Waals surface area contributed by atoms with Crippen LogP contribution in [0.5, 0.6) is 0 Å². The zero-order valence-corrected chi connectivity index (χ0v) is 21.7. The summed E-state index contributed by atoms with van der Waals surface area (Å²) in [6.45, 7) is 3.48. The van der Waals surface area contributed by atoms with Crippen LogP contribution in [0.1, 0.15) is 16.4 Å². The van der Waals surface area contributed by atoms with Gasteiger partial charge in [0, 0.05) is 55.1 Å². The second-order valence-electron chi connectivity index (χ2n) is 8.06. The van der Waals surface area contributed by atoms with E-state index < -0.39 is 26.7 Å². The van der Waals surface area contributed by atoms with Gasteiger partial charge in [0.2, 0.25) is 0 Å². The van der Waals surface area contributed by atoms with Gasteiger partial charge in [-0.1, -0.05) is 23.2 Å². The van der Waals surface area contributed by atoms with Crippen LogP contribution in [0.15, 0.2) is 59.6 Å². The van der Waals surface area contributed by atoms with Crippen LogP contribution >= 0.6 is 35.3 Å². The van der Waals surface area contributed by atoms with Gasteiger partial charge in [-0.2, -0.15) is 0 Å². The van der Waals surface area contributed by atoms with Crippen molar-refractivity contribution in [3.05, 3.63) is 87.5 Å². The van der Waals surface area contributed by atoms with Crippen molar-refractivity contribution in [2.75, 3.05) is 37.9 Å². The first-order valence-corrected chi connectivity index (χ1v) is 13.7. The summed E-state index contributed by atoms with van der Waals surface area (Å²) >= 11 is 13.7. The van der Waals surface area contributed by atoms with E-state index in [1.165, 1.54) is 48.7 Å². The topological polar surface area (TPSA) is 65.5 Å². The Labute approximate surface area is 217 Å². The van der Waals surface area contributed by atoms with Crippen LogP contribution in [0, 0.1) is 11.6 Å². The number of halogens is 4. The van der Waals surface area contributed by atoms with Crippen molar-refractivity contribution in [1.29, 1.82) is 0 Å². The van der Waals surface area contributed by atoms with Gasteiger partial charge < -0.3 is 9.62 Å². The Morgan fingerprint density at radius 1 is 1.00 bits per heavy atom. The molecule has 2 heterocycles. The van der Waals surface area contributed by atoms with Gasteiger partial charge in [-0.25, -0.2) is 26.5 Å². The van der Waals surface area contributed by atoms with E-state index in [9.17, 15) is 17.2 Å². The molecular formula is C23H22Cl2F2N4O2S2. The predicted molar refractivity (Wildman–Crippen MR) is 136 cm³/mol. The maximum Gasteiger partial charge on any atom is 0.189 e. The predicted octanol–water partition coefficient (Wildman–Crippen LogP) is 5.45. The number of nitrogens with zero attached hydrogens (tertiary/aromatic N) is 3. The minimum absolute atomic E-state index is 0.00588. The van der Waals surface area contributed by atoms with E-state index in [0.717, 1.165) is 44.4 Å². The van der Waals surface area contributed by atoms with Gasteiger partial charge in [0.1, 0.15) is 22.7 Å². The Balaban J connectivity index is 1.75. The summed E-state index contributed by atoms with van der Waals surface area (Å²) in [5, 5.41) is -1.28. The summed E-state index contributed by atoms with van der Waals surface area (Å²) < 4.78 is 61.8. The van der Waals surface area contributed by atoms with E-state index >= 15 is 0 Å². The monoisotopic (exact) mass is 558 g/mol. The Bertz CT molecular complexity index is 1310. The van der Waals surface area contributed by atoms with Crippen molar-refractivity contribution in [1.82, 2.24) is 14.2 Å². The van der Waals surface area contributed by atoms with Crippen LogP contribution < -0.4 is 4.72 Å². The van der Waals surface area contributed by atoms with Gasteiger partial charge in [0.05, 0.1) is 9.92 Å². The molecule has 186 valence electrons. The molecule has 4 rings (SSSR count). The fourth-order valence-electron chi connectivity index (χ4n) is 3.68. The van der Waals surface area contributed by atoms with E-state index in [1.807, 2.05) is 0 Å². The molecule has 0 radical (unpaired) electrons. The first-order valence-electron chi connectivity index (χ1n) is 10.6. The Kier molecular flexibility index (Phi) is 8.19. The lowest BCUT2D eigenvalue weighted by atomic mass is 10.0.